The van der Waals surface area contributed by atoms with Gasteiger partial charge in [0.2, 0.25) is 0 Å². The smallest absolute Gasteiger partial charge is 0.331 e. The highest BCUT2D eigenvalue weighted by Crippen LogP contribution is 2.38. The number of thioether (sulfide) groups is 1. The highest BCUT2D eigenvalue weighted by atomic mass is 32.2. The molecule has 3 rings (SSSR count). The third-order valence-electron chi connectivity index (χ3n) is 3.98. The van der Waals surface area contributed by atoms with E-state index < -0.39 is 12.0 Å². The van der Waals surface area contributed by atoms with Crippen LogP contribution in [0.3, 0.4) is 0 Å². The summed E-state index contributed by atoms with van der Waals surface area (Å²) in [6.07, 6.45) is 3.70. The summed E-state index contributed by atoms with van der Waals surface area (Å²) in [4.78, 5) is 26.3. The molecule has 1 atom stereocenters. The highest BCUT2D eigenvalue weighted by Gasteiger charge is 2.41. The van der Waals surface area contributed by atoms with Gasteiger partial charge in [0.05, 0.1) is 4.91 Å². The van der Waals surface area contributed by atoms with Gasteiger partial charge in [-0.3, -0.25) is 9.69 Å². The van der Waals surface area contributed by atoms with E-state index in [-0.39, 0.29) is 10.2 Å². The predicted molar refractivity (Wildman–Crippen MR) is 112 cm³/mol. The third kappa shape index (κ3) is 4.35. The molecule has 1 amide bonds. The number of carboxylic acid groups (broad SMARTS) is 1. The number of amides is 1. The lowest BCUT2D eigenvalue weighted by molar-refractivity contribution is -0.145. The molecule has 136 valence electrons. The number of carbonyl (C=O) groups is 2. The molecule has 2 aromatic carbocycles. The molecule has 0 radical (unpaired) electrons. The van der Waals surface area contributed by atoms with Crippen molar-refractivity contribution in [2.45, 2.75) is 13.0 Å². The summed E-state index contributed by atoms with van der Waals surface area (Å²) in [5, 5.41) is 9.69. The molecule has 27 heavy (non-hydrogen) atoms. The largest absolute Gasteiger partial charge is 0.479 e. The Morgan fingerprint density at radius 1 is 1.11 bits per heavy atom. The van der Waals surface area contributed by atoms with Crippen molar-refractivity contribution < 1.29 is 14.7 Å². The Morgan fingerprint density at radius 2 is 1.70 bits per heavy atom. The fraction of sp³-hybridized carbons (Fsp3) is 0.0952. The average molecular weight is 396 g/mol. The summed E-state index contributed by atoms with van der Waals surface area (Å²) in [6.45, 7) is 1.89. The van der Waals surface area contributed by atoms with Crippen molar-refractivity contribution in [3.63, 3.8) is 0 Å². The van der Waals surface area contributed by atoms with Crippen LogP contribution in [0.15, 0.2) is 77.2 Å². The van der Waals surface area contributed by atoms with E-state index >= 15 is 0 Å². The molecule has 0 aliphatic carbocycles. The summed E-state index contributed by atoms with van der Waals surface area (Å²) in [5.74, 6) is -1.50. The number of aliphatic carboxylic acids is 1. The molecule has 1 aliphatic rings. The van der Waals surface area contributed by atoms with Crippen LogP contribution in [0.2, 0.25) is 0 Å². The van der Waals surface area contributed by atoms with Crippen LogP contribution in [0.5, 0.6) is 0 Å². The summed E-state index contributed by atoms with van der Waals surface area (Å²) >= 11 is 6.44. The highest BCUT2D eigenvalue weighted by molar-refractivity contribution is 8.26. The first-order valence-electron chi connectivity index (χ1n) is 8.25. The zero-order valence-corrected chi connectivity index (χ0v) is 16.2. The first kappa shape index (κ1) is 19.1. The van der Waals surface area contributed by atoms with Gasteiger partial charge in [0.15, 0.2) is 6.04 Å². The SMILES string of the molecule is CC(=C/c1ccccc1)/C=C1\SC(=S)N([C@H](C(=O)O)c2ccccc2)C1=O. The molecule has 0 saturated carbocycles. The molecule has 6 heteroatoms. The van der Waals surface area contributed by atoms with Crippen molar-refractivity contribution in [1.82, 2.24) is 4.90 Å². The van der Waals surface area contributed by atoms with E-state index in [0.29, 0.717) is 10.5 Å². The minimum Gasteiger partial charge on any atom is -0.479 e. The maximum absolute atomic E-state index is 12.9. The molecule has 0 bridgehead atoms. The van der Waals surface area contributed by atoms with Crippen LogP contribution < -0.4 is 0 Å². The van der Waals surface area contributed by atoms with E-state index in [1.165, 1.54) is 4.90 Å². The molecule has 1 aliphatic heterocycles. The van der Waals surface area contributed by atoms with Crippen LogP contribution in [0.25, 0.3) is 6.08 Å². The van der Waals surface area contributed by atoms with Gasteiger partial charge in [0, 0.05) is 0 Å². The third-order valence-corrected chi connectivity index (χ3v) is 5.31. The number of nitrogens with zero attached hydrogens (tertiary/aromatic N) is 1. The average Bonchev–Trinajstić information content (AvgIpc) is 2.91. The van der Waals surface area contributed by atoms with Gasteiger partial charge >= 0.3 is 5.97 Å². The standard InChI is InChI=1S/C21H17NO3S2/c1-14(12-15-8-4-2-5-9-15)13-17-19(23)22(21(26)27-17)18(20(24)25)16-10-6-3-7-11-16/h2-13,18H,1H3,(H,24,25)/b14-12-,17-13-/t18-/m0/s1. The lowest BCUT2D eigenvalue weighted by Gasteiger charge is -2.23. The normalized spacial score (nSPS) is 17.4. The second kappa shape index (κ2) is 8.33. The van der Waals surface area contributed by atoms with E-state index in [1.54, 1.807) is 36.4 Å². The van der Waals surface area contributed by atoms with Gasteiger partial charge in [-0.1, -0.05) is 90.7 Å². The van der Waals surface area contributed by atoms with Gasteiger partial charge in [-0.05, 0) is 29.7 Å². The fourth-order valence-corrected chi connectivity index (χ4v) is 4.16. The molecular weight excluding hydrogens is 378 g/mol. The zero-order valence-electron chi connectivity index (χ0n) is 14.5. The topological polar surface area (TPSA) is 57.6 Å². The Morgan fingerprint density at radius 3 is 2.30 bits per heavy atom. The number of benzene rings is 2. The van der Waals surface area contributed by atoms with Crippen LogP contribution in [-0.4, -0.2) is 26.2 Å². The first-order chi connectivity index (χ1) is 13.0. The molecule has 2 aromatic rings. The molecule has 0 unspecified atom stereocenters. The lowest BCUT2D eigenvalue weighted by atomic mass is 10.1. The number of thiocarbonyl (C=S) groups is 1. The zero-order chi connectivity index (χ0) is 19.4. The first-order valence-corrected chi connectivity index (χ1v) is 9.48. The second-order valence-electron chi connectivity index (χ2n) is 6.00. The van der Waals surface area contributed by atoms with E-state index in [1.807, 2.05) is 43.3 Å². The van der Waals surface area contributed by atoms with Gasteiger partial charge in [-0.2, -0.15) is 0 Å². The molecule has 1 heterocycles. The molecule has 0 aromatic heterocycles. The molecule has 4 nitrogen and oxygen atoms in total. The van der Waals surface area contributed by atoms with E-state index in [4.69, 9.17) is 12.2 Å². The van der Waals surface area contributed by atoms with Crippen LogP contribution >= 0.6 is 24.0 Å². The predicted octanol–water partition coefficient (Wildman–Crippen LogP) is 4.66. The number of carboxylic acids is 1. The molecule has 1 N–H and O–H groups in total. The second-order valence-corrected chi connectivity index (χ2v) is 7.68. The minimum absolute atomic E-state index is 0.245. The van der Waals surface area contributed by atoms with E-state index in [2.05, 4.69) is 0 Å². The summed E-state index contributed by atoms with van der Waals surface area (Å²) in [7, 11) is 0. The number of hydrogen-bond donors (Lipinski definition) is 1. The van der Waals surface area contributed by atoms with Crippen molar-refractivity contribution in [2.75, 3.05) is 0 Å². The monoisotopic (exact) mass is 395 g/mol. The number of allylic oxidation sites excluding steroid dienone is 2. The van der Waals surface area contributed by atoms with E-state index in [9.17, 15) is 14.7 Å². The molecular formula is C21H17NO3S2. The summed E-state index contributed by atoms with van der Waals surface area (Å²) < 4.78 is 0.245. The van der Waals surface area contributed by atoms with Gasteiger partial charge < -0.3 is 5.11 Å². The summed E-state index contributed by atoms with van der Waals surface area (Å²) in [5.41, 5.74) is 2.42. The van der Waals surface area contributed by atoms with Gasteiger partial charge in [-0.15, -0.1) is 0 Å². The quantitative estimate of drug-likeness (QED) is 0.589. The Kier molecular flexibility index (Phi) is 5.88. The van der Waals surface area contributed by atoms with Gasteiger partial charge in [0.25, 0.3) is 5.91 Å². The molecule has 1 saturated heterocycles. The van der Waals surface area contributed by atoms with Crippen molar-refractivity contribution >= 4 is 46.3 Å². The van der Waals surface area contributed by atoms with Crippen LogP contribution in [0, 0.1) is 0 Å². The fourth-order valence-electron chi connectivity index (χ4n) is 2.80. The van der Waals surface area contributed by atoms with Crippen molar-refractivity contribution in [3.05, 3.63) is 88.3 Å². The van der Waals surface area contributed by atoms with Crippen LogP contribution in [0.4, 0.5) is 0 Å². The van der Waals surface area contributed by atoms with E-state index in [0.717, 1.165) is 22.9 Å². The number of hydrogen-bond acceptors (Lipinski definition) is 4. The van der Waals surface area contributed by atoms with Crippen LogP contribution in [-0.2, 0) is 9.59 Å². The van der Waals surface area contributed by atoms with Gasteiger partial charge in [-0.25, -0.2) is 4.79 Å². The Balaban J connectivity index is 1.90. The summed E-state index contributed by atoms with van der Waals surface area (Å²) in [6, 6.07) is 17.3. The molecule has 1 fully saturated rings. The Labute approximate surface area is 167 Å². The Bertz CT molecular complexity index is 936. The lowest BCUT2D eigenvalue weighted by Crippen LogP contribution is -2.37. The molecule has 0 spiro atoms. The van der Waals surface area contributed by atoms with Crippen molar-refractivity contribution in [2.24, 2.45) is 0 Å². The van der Waals surface area contributed by atoms with Gasteiger partial charge in [0.1, 0.15) is 4.32 Å². The minimum atomic E-state index is -1.14. The Hall–Kier alpha value is -2.70. The maximum atomic E-state index is 12.9. The number of carbonyl (C=O) groups excluding carboxylic acids is 1. The van der Waals surface area contributed by atoms with Crippen molar-refractivity contribution in [3.8, 4) is 0 Å². The van der Waals surface area contributed by atoms with Crippen molar-refractivity contribution in [1.29, 1.82) is 0 Å². The number of rotatable bonds is 5. The maximum Gasteiger partial charge on any atom is 0.331 e. The van der Waals surface area contributed by atoms with Crippen LogP contribution in [0.1, 0.15) is 24.1 Å².